The number of nitrogens with zero attached hydrogens (tertiary/aromatic N) is 2. The van der Waals surface area contributed by atoms with Gasteiger partial charge in [0, 0.05) is 27.6 Å². The molecule has 0 aliphatic carbocycles. The number of benzene rings is 2. The Labute approximate surface area is 183 Å². The summed E-state index contributed by atoms with van der Waals surface area (Å²) in [5.74, 6) is 0.0398. The van der Waals surface area contributed by atoms with Crippen LogP contribution >= 0.6 is 39.9 Å². The predicted octanol–water partition coefficient (Wildman–Crippen LogP) is 5.88. The highest BCUT2D eigenvalue weighted by molar-refractivity contribution is 8.93. The van der Waals surface area contributed by atoms with Crippen LogP contribution in [0.1, 0.15) is 10.4 Å². The van der Waals surface area contributed by atoms with Crippen molar-refractivity contribution in [2.24, 2.45) is 0 Å². The minimum absolute atomic E-state index is 0. The van der Waals surface area contributed by atoms with Crippen molar-refractivity contribution in [3.05, 3.63) is 95.1 Å². The maximum Gasteiger partial charge on any atom is 0.227 e. The smallest absolute Gasteiger partial charge is 0.227 e. The number of rotatable bonds is 5. The molecule has 0 bridgehead atoms. The van der Waals surface area contributed by atoms with E-state index in [4.69, 9.17) is 16.6 Å². The number of pyridine rings is 1. The summed E-state index contributed by atoms with van der Waals surface area (Å²) in [7, 11) is 0. The molecule has 0 saturated carbocycles. The van der Waals surface area contributed by atoms with Crippen molar-refractivity contribution >= 4 is 45.7 Å². The van der Waals surface area contributed by atoms with E-state index in [1.807, 2.05) is 47.3 Å². The van der Waals surface area contributed by atoms with E-state index in [0.29, 0.717) is 10.6 Å². The van der Waals surface area contributed by atoms with Crippen molar-refractivity contribution in [2.75, 3.05) is 0 Å². The molecule has 2 aromatic heterocycles. The Morgan fingerprint density at radius 2 is 1.68 bits per heavy atom. The number of hydrogen-bond donors (Lipinski definition) is 0. The van der Waals surface area contributed by atoms with Crippen molar-refractivity contribution in [1.29, 1.82) is 0 Å². The second-order valence-corrected chi connectivity index (χ2v) is 7.39. The van der Waals surface area contributed by atoms with Crippen molar-refractivity contribution < 1.29 is 9.36 Å². The molecule has 2 heterocycles. The van der Waals surface area contributed by atoms with Gasteiger partial charge in [-0.05, 0) is 30.3 Å². The summed E-state index contributed by atoms with van der Waals surface area (Å²) in [5, 5.41) is 3.61. The highest BCUT2D eigenvalue weighted by Gasteiger charge is 2.14. The first-order chi connectivity index (χ1) is 13.2. The summed E-state index contributed by atoms with van der Waals surface area (Å²) in [6.07, 6.45) is 3.85. The number of thiazole rings is 1. The van der Waals surface area contributed by atoms with E-state index in [1.54, 1.807) is 35.6 Å². The molecular formula is C22H17BrClN2OS+. The number of halogens is 2. The first kappa shape index (κ1) is 20.4. The lowest BCUT2D eigenvalue weighted by molar-refractivity contribution is -0.682. The number of carbonyl (C=O) groups is 1. The lowest BCUT2D eigenvalue weighted by atomic mass is 10.1. The zero-order valence-corrected chi connectivity index (χ0v) is 18.1. The summed E-state index contributed by atoms with van der Waals surface area (Å²) < 4.78 is 1.88. The Morgan fingerprint density at radius 3 is 2.43 bits per heavy atom. The van der Waals surface area contributed by atoms with Gasteiger partial charge in [0.15, 0.2) is 12.4 Å². The molecule has 0 atom stereocenters. The Kier molecular flexibility index (Phi) is 6.73. The van der Waals surface area contributed by atoms with Gasteiger partial charge in [0.25, 0.3) is 0 Å². The van der Waals surface area contributed by atoms with Crippen molar-refractivity contribution in [1.82, 2.24) is 4.98 Å². The molecule has 0 spiro atoms. The number of Topliss-reactive ketones (excluding diaryl/α,β-unsaturated/α-hetero) is 1. The SMILES string of the molecule is Br.O=C(C[n+]1cccc(-c2nc(-c3ccccc3)cs2)c1)c1ccc(Cl)cc1. The summed E-state index contributed by atoms with van der Waals surface area (Å²) in [6, 6.07) is 21.0. The number of aromatic nitrogens is 2. The summed E-state index contributed by atoms with van der Waals surface area (Å²) in [5.41, 5.74) is 3.71. The average molecular weight is 473 g/mol. The van der Waals surface area contributed by atoms with Crippen molar-refractivity contribution in [3.63, 3.8) is 0 Å². The first-order valence-corrected chi connectivity index (χ1v) is 9.74. The molecule has 0 aliphatic heterocycles. The Morgan fingerprint density at radius 1 is 0.964 bits per heavy atom. The third-order valence-corrected chi connectivity index (χ3v) is 5.31. The molecular weight excluding hydrogens is 456 g/mol. The van der Waals surface area contributed by atoms with Crippen LogP contribution in [0.25, 0.3) is 21.8 Å². The van der Waals surface area contributed by atoms with Gasteiger partial charge in [-0.3, -0.25) is 4.79 Å². The molecule has 0 aliphatic rings. The first-order valence-electron chi connectivity index (χ1n) is 8.48. The van der Waals surface area contributed by atoms with Crippen LogP contribution in [-0.2, 0) is 6.54 Å². The Bertz CT molecular complexity index is 1080. The zero-order chi connectivity index (χ0) is 18.6. The molecule has 0 radical (unpaired) electrons. The van der Waals surface area contributed by atoms with Gasteiger partial charge < -0.3 is 0 Å². The van der Waals surface area contributed by atoms with E-state index >= 15 is 0 Å². The lowest BCUT2D eigenvalue weighted by Gasteiger charge is -2.00. The molecule has 0 amide bonds. The van der Waals surface area contributed by atoms with Gasteiger partial charge in [-0.25, -0.2) is 4.98 Å². The van der Waals surface area contributed by atoms with Crippen LogP contribution in [0.5, 0.6) is 0 Å². The van der Waals surface area contributed by atoms with Crippen LogP contribution in [0.15, 0.2) is 84.5 Å². The standard InChI is InChI=1S/C22H16ClN2OS.BrH/c23-19-10-8-17(9-11-19)21(26)14-25-12-4-7-18(13-25)22-24-20(15-27-22)16-5-2-1-3-6-16;/h1-13,15H,14H2;1H/q+1;. The molecule has 0 saturated heterocycles. The van der Waals surface area contributed by atoms with E-state index < -0.39 is 0 Å². The fourth-order valence-corrected chi connectivity index (χ4v) is 3.73. The third-order valence-electron chi connectivity index (χ3n) is 4.17. The van der Waals surface area contributed by atoms with Crippen LogP contribution in [0.3, 0.4) is 0 Å². The molecule has 4 aromatic rings. The summed E-state index contributed by atoms with van der Waals surface area (Å²) >= 11 is 7.49. The van der Waals surface area contributed by atoms with Crippen LogP contribution < -0.4 is 4.57 Å². The molecule has 2 aromatic carbocycles. The summed E-state index contributed by atoms with van der Waals surface area (Å²) in [4.78, 5) is 17.2. The topological polar surface area (TPSA) is 33.8 Å². The van der Waals surface area contributed by atoms with Crippen molar-refractivity contribution in [3.8, 4) is 21.8 Å². The van der Waals surface area contributed by atoms with Crippen LogP contribution in [0, 0.1) is 0 Å². The predicted molar refractivity (Wildman–Crippen MR) is 119 cm³/mol. The van der Waals surface area contributed by atoms with E-state index in [2.05, 4.69) is 17.5 Å². The molecule has 0 N–H and O–H groups in total. The lowest BCUT2D eigenvalue weighted by Crippen LogP contribution is -2.37. The van der Waals surface area contributed by atoms with Gasteiger partial charge in [0.05, 0.1) is 11.3 Å². The Hall–Kier alpha value is -2.34. The normalized spacial score (nSPS) is 10.3. The number of hydrogen-bond acceptors (Lipinski definition) is 3. The van der Waals surface area contributed by atoms with Gasteiger partial charge in [0.2, 0.25) is 12.3 Å². The van der Waals surface area contributed by atoms with Crippen LogP contribution in [0.2, 0.25) is 5.02 Å². The van der Waals surface area contributed by atoms with Crippen molar-refractivity contribution in [2.45, 2.75) is 6.54 Å². The number of carbonyl (C=O) groups excluding carboxylic acids is 1. The van der Waals surface area contributed by atoms with Gasteiger partial charge in [0.1, 0.15) is 5.01 Å². The highest BCUT2D eigenvalue weighted by atomic mass is 79.9. The second kappa shape index (κ2) is 9.24. The van der Waals surface area contributed by atoms with Gasteiger partial charge in [-0.2, -0.15) is 4.57 Å². The quantitative estimate of drug-likeness (QED) is 0.268. The average Bonchev–Trinajstić information content (AvgIpc) is 3.20. The minimum atomic E-state index is 0. The van der Waals surface area contributed by atoms with Crippen LogP contribution in [-0.4, -0.2) is 10.8 Å². The summed E-state index contributed by atoms with van der Waals surface area (Å²) in [6.45, 7) is 0.270. The third kappa shape index (κ3) is 4.73. The van der Waals surface area contributed by atoms with Gasteiger partial charge in [-0.15, -0.1) is 28.3 Å². The zero-order valence-electron chi connectivity index (χ0n) is 14.8. The fourth-order valence-electron chi connectivity index (χ4n) is 2.79. The van der Waals surface area contributed by atoms with E-state index in [0.717, 1.165) is 21.8 Å². The highest BCUT2D eigenvalue weighted by Crippen LogP contribution is 2.27. The van der Waals surface area contributed by atoms with E-state index in [1.165, 1.54) is 0 Å². The molecule has 0 fully saturated rings. The molecule has 0 unspecified atom stereocenters. The molecule has 3 nitrogen and oxygen atoms in total. The fraction of sp³-hybridized carbons (Fsp3) is 0.0455. The molecule has 4 rings (SSSR count). The Balaban J connectivity index is 0.00000225. The minimum Gasteiger partial charge on any atom is -0.287 e. The largest absolute Gasteiger partial charge is 0.287 e. The molecule has 6 heteroatoms. The maximum atomic E-state index is 12.5. The van der Waals surface area contributed by atoms with E-state index in [-0.39, 0.29) is 29.3 Å². The monoisotopic (exact) mass is 471 g/mol. The van der Waals surface area contributed by atoms with Crippen LogP contribution in [0.4, 0.5) is 0 Å². The number of ketones is 1. The molecule has 140 valence electrons. The maximum absolute atomic E-state index is 12.5. The second-order valence-electron chi connectivity index (χ2n) is 6.10. The van der Waals surface area contributed by atoms with Gasteiger partial charge in [-0.1, -0.05) is 41.9 Å². The van der Waals surface area contributed by atoms with E-state index in [9.17, 15) is 4.79 Å². The molecule has 28 heavy (non-hydrogen) atoms. The van der Waals surface area contributed by atoms with Gasteiger partial charge >= 0.3 is 0 Å².